The van der Waals surface area contributed by atoms with Crippen LogP contribution in [-0.4, -0.2) is 51.9 Å². The fourth-order valence-corrected chi connectivity index (χ4v) is 4.95. The third-order valence-corrected chi connectivity index (χ3v) is 7.31. The van der Waals surface area contributed by atoms with Crippen molar-refractivity contribution in [1.82, 2.24) is 4.31 Å². The Kier molecular flexibility index (Phi) is 6.94. The van der Waals surface area contributed by atoms with Crippen molar-refractivity contribution in [3.05, 3.63) is 53.4 Å². The molecular weight excluding hydrogens is 440 g/mol. The van der Waals surface area contributed by atoms with Gasteiger partial charge in [-0.1, -0.05) is 0 Å². The number of amides is 1. The summed E-state index contributed by atoms with van der Waals surface area (Å²) in [7, 11) is -1.18. The van der Waals surface area contributed by atoms with Crippen LogP contribution in [0.3, 0.4) is 0 Å². The number of benzene rings is 2. The first-order valence-corrected chi connectivity index (χ1v) is 11.6. The lowest BCUT2D eigenvalue weighted by molar-refractivity contribution is -0.116. The summed E-state index contributed by atoms with van der Waals surface area (Å²) in [6, 6.07) is 12.9. The van der Waals surface area contributed by atoms with E-state index in [-0.39, 0.29) is 11.4 Å². The quantitative estimate of drug-likeness (QED) is 0.515. The van der Waals surface area contributed by atoms with E-state index in [1.165, 1.54) is 37.6 Å². The van der Waals surface area contributed by atoms with Crippen LogP contribution >= 0.6 is 11.3 Å². The summed E-state index contributed by atoms with van der Waals surface area (Å²) in [6.07, 6.45) is 0. The van der Waals surface area contributed by atoms with Crippen molar-refractivity contribution < 1.29 is 27.5 Å². The van der Waals surface area contributed by atoms with Crippen molar-refractivity contribution >= 4 is 49.0 Å². The molecule has 3 aromatic rings. The lowest BCUT2D eigenvalue weighted by Gasteiger charge is -2.17. The number of esters is 1. The van der Waals surface area contributed by atoms with E-state index >= 15 is 0 Å². The topological polar surface area (TPSA) is 102 Å². The molecule has 31 heavy (non-hydrogen) atoms. The van der Waals surface area contributed by atoms with Gasteiger partial charge in [-0.15, -0.1) is 11.3 Å². The Labute approximate surface area is 184 Å². The standard InChI is InChI=1S/C21H22N2O6S2/c1-4-29-16-6-8-17(9-7-16)31(26,27)23(2)13-20(24)22-15-5-10-18-14(11-15)12-19(30-18)21(25)28-3/h5-12H,4,13H2,1-3H3,(H,22,24). The van der Waals surface area contributed by atoms with Gasteiger partial charge >= 0.3 is 5.97 Å². The number of likely N-dealkylation sites (N-methyl/N-ethyl adjacent to an activating group) is 1. The van der Waals surface area contributed by atoms with Crippen molar-refractivity contribution in [2.75, 3.05) is 32.6 Å². The van der Waals surface area contributed by atoms with E-state index in [4.69, 9.17) is 9.47 Å². The number of hydrogen-bond acceptors (Lipinski definition) is 7. The molecule has 0 bridgehead atoms. The summed E-state index contributed by atoms with van der Waals surface area (Å²) < 4.78 is 37.3. The van der Waals surface area contributed by atoms with Gasteiger partial charge in [0, 0.05) is 17.4 Å². The Bertz CT molecular complexity index is 1200. The van der Waals surface area contributed by atoms with Crippen molar-refractivity contribution in [2.45, 2.75) is 11.8 Å². The zero-order valence-electron chi connectivity index (χ0n) is 17.2. The molecule has 1 N–H and O–H groups in total. The largest absolute Gasteiger partial charge is 0.494 e. The number of ether oxygens (including phenoxy) is 2. The summed E-state index contributed by atoms with van der Waals surface area (Å²) in [5, 5.41) is 3.47. The van der Waals surface area contributed by atoms with Gasteiger partial charge in [0.15, 0.2) is 0 Å². The first-order chi connectivity index (χ1) is 14.7. The first kappa shape index (κ1) is 22.7. The van der Waals surface area contributed by atoms with Gasteiger partial charge in [0.2, 0.25) is 15.9 Å². The summed E-state index contributed by atoms with van der Waals surface area (Å²) in [5.74, 6) is -0.339. The maximum atomic E-state index is 12.7. The summed E-state index contributed by atoms with van der Waals surface area (Å²) in [6.45, 7) is 1.96. The van der Waals surface area contributed by atoms with Gasteiger partial charge in [-0.25, -0.2) is 13.2 Å². The number of carbonyl (C=O) groups is 2. The van der Waals surface area contributed by atoms with Gasteiger partial charge in [-0.05, 0) is 60.8 Å². The second-order valence-electron chi connectivity index (χ2n) is 6.57. The van der Waals surface area contributed by atoms with Crippen molar-refractivity contribution in [3.63, 3.8) is 0 Å². The van der Waals surface area contributed by atoms with Gasteiger partial charge in [-0.3, -0.25) is 4.79 Å². The minimum absolute atomic E-state index is 0.0706. The van der Waals surface area contributed by atoms with E-state index in [0.29, 0.717) is 22.9 Å². The Hall–Kier alpha value is -2.95. The van der Waals surface area contributed by atoms with Crippen LogP contribution in [0.1, 0.15) is 16.6 Å². The number of anilines is 1. The molecule has 0 aliphatic heterocycles. The molecule has 0 aliphatic rings. The molecule has 8 nitrogen and oxygen atoms in total. The number of nitrogens with zero attached hydrogens (tertiary/aromatic N) is 1. The molecule has 0 spiro atoms. The molecule has 164 valence electrons. The molecule has 0 fully saturated rings. The van der Waals surface area contributed by atoms with Crippen LogP contribution in [0, 0.1) is 0 Å². The van der Waals surface area contributed by atoms with Gasteiger partial charge in [0.25, 0.3) is 0 Å². The number of hydrogen-bond donors (Lipinski definition) is 1. The molecule has 0 aliphatic carbocycles. The highest BCUT2D eigenvalue weighted by Gasteiger charge is 2.23. The van der Waals surface area contributed by atoms with Gasteiger partial charge in [0.05, 0.1) is 25.2 Å². The molecular formula is C21H22N2O6S2. The van der Waals surface area contributed by atoms with Gasteiger partial charge < -0.3 is 14.8 Å². The molecule has 10 heteroatoms. The molecule has 0 atom stereocenters. The van der Waals surface area contributed by atoms with Crippen molar-refractivity contribution in [2.24, 2.45) is 0 Å². The smallest absolute Gasteiger partial charge is 0.348 e. The summed E-state index contributed by atoms with van der Waals surface area (Å²) in [4.78, 5) is 24.6. The summed E-state index contributed by atoms with van der Waals surface area (Å²) in [5.41, 5.74) is 0.499. The van der Waals surface area contributed by atoms with E-state index in [9.17, 15) is 18.0 Å². The molecule has 1 aromatic heterocycles. The van der Waals surface area contributed by atoms with Gasteiger partial charge in [0.1, 0.15) is 10.6 Å². The maximum Gasteiger partial charge on any atom is 0.348 e. The highest BCUT2D eigenvalue weighted by molar-refractivity contribution is 7.89. The van der Waals surface area contributed by atoms with Crippen molar-refractivity contribution in [3.8, 4) is 5.75 Å². The van der Waals surface area contributed by atoms with E-state index in [0.717, 1.165) is 14.4 Å². The number of rotatable bonds is 8. The Morgan fingerprint density at radius 1 is 1.10 bits per heavy atom. The third kappa shape index (κ3) is 5.22. The minimum Gasteiger partial charge on any atom is -0.494 e. The zero-order chi connectivity index (χ0) is 22.6. The Morgan fingerprint density at radius 3 is 2.45 bits per heavy atom. The predicted octanol–water partition coefficient (Wildman–Crippen LogP) is 3.35. The summed E-state index contributed by atoms with van der Waals surface area (Å²) >= 11 is 1.29. The highest BCUT2D eigenvalue weighted by atomic mass is 32.2. The highest BCUT2D eigenvalue weighted by Crippen LogP contribution is 2.28. The Balaban J connectivity index is 1.68. The van der Waals surface area contributed by atoms with Gasteiger partial charge in [-0.2, -0.15) is 4.31 Å². The van der Waals surface area contributed by atoms with Crippen molar-refractivity contribution in [1.29, 1.82) is 0 Å². The van der Waals surface area contributed by atoms with E-state index in [1.807, 2.05) is 6.92 Å². The average Bonchev–Trinajstić information content (AvgIpc) is 3.17. The predicted molar refractivity (Wildman–Crippen MR) is 119 cm³/mol. The minimum atomic E-state index is -3.83. The van der Waals surface area contributed by atoms with E-state index < -0.39 is 21.9 Å². The molecule has 0 unspecified atom stereocenters. The SMILES string of the molecule is CCOc1ccc(S(=O)(=O)N(C)CC(=O)Nc2ccc3sc(C(=O)OC)cc3c2)cc1. The van der Waals surface area contributed by atoms with Crippen LogP contribution in [-0.2, 0) is 19.6 Å². The van der Waals surface area contributed by atoms with Crippen LogP contribution in [0.15, 0.2) is 53.4 Å². The average molecular weight is 463 g/mol. The number of fused-ring (bicyclic) bond motifs is 1. The lowest BCUT2D eigenvalue weighted by Crippen LogP contribution is -2.34. The zero-order valence-corrected chi connectivity index (χ0v) is 18.9. The second kappa shape index (κ2) is 9.46. The lowest BCUT2D eigenvalue weighted by atomic mass is 10.2. The number of nitrogens with one attached hydrogen (secondary N) is 1. The fourth-order valence-electron chi connectivity index (χ4n) is 2.86. The molecule has 0 radical (unpaired) electrons. The molecule has 2 aromatic carbocycles. The van der Waals surface area contributed by atoms with Crippen LogP contribution < -0.4 is 10.1 Å². The molecule has 0 saturated carbocycles. The van der Waals surface area contributed by atoms with Crippen LogP contribution in [0.5, 0.6) is 5.75 Å². The van der Waals surface area contributed by atoms with Crippen LogP contribution in [0.4, 0.5) is 5.69 Å². The molecule has 0 saturated heterocycles. The first-order valence-electron chi connectivity index (χ1n) is 9.35. The molecule has 1 heterocycles. The maximum absolute atomic E-state index is 12.7. The second-order valence-corrected chi connectivity index (χ2v) is 9.70. The molecule has 3 rings (SSSR count). The monoisotopic (exact) mass is 462 g/mol. The normalized spacial score (nSPS) is 11.5. The third-order valence-electron chi connectivity index (χ3n) is 4.40. The van der Waals surface area contributed by atoms with E-state index in [1.54, 1.807) is 36.4 Å². The number of carbonyl (C=O) groups excluding carboxylic acids is 2. The number of methoxy groups -OCH3 is 1. The fraction of sp³-hybridized carbons (Fsp3) is 0.238. The van der Waals surface area contributed by atoms with E-state index in [2.05, 4.69) is 5.32 Å². The van der Waals surface area contributed by atoms with Crippen LogP contribution in [0.25, 0.3) is 10.1 Å². The number of sulfonamides is 1. The van der Waals surface area contributed by atoms with Crippen LogP contribution in [0.2, 0.25) is 0 Å². The number of thiophene rings is 1. The Morgan fingerprint density at radius 2 is 1.81 bits per heavy atom. The molecule has 1 amide bonds.